The Morgan fingerprint density at radius 1 is 1.17 bits per heavy atom. The van der Waals surface area contributed by atoms with Crippen molar-refractivity contribution in [1.82, 2.24) is 39.0 Å². The number of alkyl halides is 1. The van der Waals surface area contributed by atoms with Crippen molar-refractivity contribution in [3.63, 3.8) is 0 Å². The van der Waals surface area contributed by atoms with E-state index in [1.165, 1.54) is 30.7 Å². The predicted molar refractivity (Wildman–Crippen MR) is 160 cm³/mol. The number of hydrogen-bond acceptors (Lipinski definition) is 16. The Morgan fingerprint density at radius 3 is 2.59 bits per heavy atom. The van der Waals surface area contributed by atoms with Gasteiger partial charge in [-0.05, 0) is 18.7 Å². The summed E-state index contributed by atoms with van der Waals surface area (Å²) in [7, 11) is 1.42. The summed E-state index contributed by atoms with van der Waals surface area (Å²) in [5, 5.41) is 21.2. The molecule has 0 amide bonds. The molecule has 2 aliphatic heterocycles. The van der Waals surface area contributed by atoms with Gasteiger partial charge in [0.25, 0.3) is 5.56 Å². The van der Waals surface area contributed by atoms with Crippen LogP contribution in [0.25, 0.3) is 22.3 Å². The number of rotatable bonds is 11. The van der Waals surface area contributed by atoms with Gasteiger partial charge < -0.3 is 49.8 Å². The highest BCUT2D eigenvalue weighted by atomic mass is 32.5. The van der Waals surface area contributed by atoms with Gasteiger partial charge in [-0.2, -0.15) is 4.98 Å². The fourth-order valence-corrected chi connectivity index (χ4v) is 7.20. The Morgan fingerprint density at radius 2 is 1.89 bits per heavy atom. The maximum atomic E-state index is 14.1. The molecule has 0 aliphatic carbocycles. The number of imidazole rings is 2. The number of aliphatic hydroxyl groups is 2. The van der Waals surface area contributed by atoms with Crippen LogP contribution in [0.5, 0.6) is 0 Å². The van der Waals surface area contributed by atoms with Crippen LogP contribution in [0.2, 0.25) is 0 Å². The number of nitrogens with two attached hydrogens (primary N) is 2. The van der Waals surface area contributed by atoms with Gasteiger partial charge in [0.1, 0.15) is 42.4 Å². The second kappa shape index (κ2) is 12.1. The Kier molecular flexibility index (Phi) is 8.59. The maximum Gasteiger partial charge on any atom is 0.324 e. The van der Waals surface area contributed by atoms with Crippen molar-refractivity contribution in [2.75, 3.05) is 38.5 Å². The summed E-state index contributed by atoms with van der Waals surface area (Å²) in [5.74, 6) is -0.0281. The van der Waals surface area contributed by atoms with E-state index in [-0.39, 0.29) is 42.4 Å². The van der Waals surface area contributed by atoms with Gasteiger partial charge in [0.2, 0.25) is 5.95 Å². The number of methoxy groups -OCH3 is 1. The molecule has 4 aromatic heterocycles. The van der Waals surface area contributed by atoms with Crippen LogP contribution in [0.1, 0.15) is 32.2 Å². The molecule has 0 saturated carbocycles. The van der Waals surface area contributed by atoms with Crippen LogP contribution < -0.4 is 17.0 Å². The normalized spacial score (nSPS) is 31.2. The van der Waals surface area contributed by atoms with E-state index in [4.69, 9.17) is 46.5 Å². The van der Waals surface area contributed by atoms with E-state index in [1.807, 2.05) is 0 Å². The molecule has 0 radical (unpaired) electrons. The molecule has 2 aliphatic rings. The molecule has 2 fully saturated rings. The molecule has 0 bridgehead atoms. The largest absolute Gasteiger partial charge is 0.393 e. The fraction of sp³-hybridized carbons (Fsp3) is 0.583. The molecule has 6 heterocycles. The lowest BCUT2D eigenvalue weighted by molar-refractivity contribution is -0.115. The van der Waals surface area contributed by atoms with Gasteiger partial charge >= 0.3 is 6.72 Å². The zero-order chi connectivity index (χ0) is 33.0. The first-order chi connectivity index (χ1) is 21.8. The fourth-order valence-electron chi connectivity index (χ4n) is 5.74. The monoisotopic (exact) mass is 686 g/mol. The van der Waals surface area contributed by atoms with Crippen LogP contribution in [0.15, 0.2) is 23.8 Å². The third-order valence-electron chi connectivity index (χ3n) is 8.18. The SMILES string of the molecule is CO[C@H]1[C@@H](n2cnc3c(N)ncnc32)O[C@](C)(CCOP(O)(=S)O[C@@H]2C[C@](CO)(CF)O[C@H]2n2cnc3c(=O)[nH]c(N)nc32)[C@H]1O. The van der Waals surface area contributed by atoms with Crippen LogP contribution in [0.4, 0.5) is 16.2 Å². The third-order valence-corrected chi connectivity index (χ3v) is 9.80. The van der Waals surface area contributed by atoms with Gasteiger partial charge in [-0.3, -0.25) is 18.9 Å². The van der Waals surface area contributed by atoms with Crippen molar-refractivity contribution in [3.05, 3.63) is 29.3 Å². The van der Waals surface area contributed by atoms with E-state index in [0.717, 1.165) is 0 Å². The van der Waals surface area contributed by atoms with Gasteiger partial charge in [-0.25, -0.2) is 24.3 Å². The number of aliphatic hydroxyl groups excluding tert-OH is 2. The second-order valence-electron chi connectivity index (χ2n) is 11.2. The van der Waals surface area contributed by atoms with Gasteiger partial charge in [0.05, 0.1) is 31.5 Å². The molecule has 46 heavy (non-hydrogen) atoms. The summed E-state index contributed by atoms with van der Waals surface area (Å²) < 4.78 is 46.1. The van der Waals surface area contributed by atoms with E-state index in [9.17, 15) is 24.3 Å². The van der Waals surface area contributed by atoms with Gasteiger partial charge in [-0.15, -0.1) is 0 Å². The third kappa shape index (κ3) is 5.65. The van der Waals surface area contributed by atoms with E-state index in [2.05, 4.69) is 29.9 Å². The van der Waals surface area contributed by atoms with Crippen LogP contribution in [-0.2, 0) is 35.1 Å². The molecule has 6 rings (SSSR count). The predicted octanol–water partition coefficient (Wildman–Crippen LogP) is -0.584. The number of nitrogens with zero attached hydrogens (tertiary/aromatic N) is 7. The minimum absolute atomic E-state index is 0.00183. The molecule has 19 nitrogen and oxygen atoms in total. The molecule has 22 heteroatoms. The number of halogens is 1. The molecule has 8 N–H and O–H groups in total. The quantitative estimate of drug-likeness (QED) is 0.108. The molecule has 4 aromatic rings. The van der Waals surface area contributed by atoms with Crippen molar-refractivity contribution >= 4 is 52.6 Å². The van der Waals surface area contributed by atoms with E-state index >= 15 is 0 Å². The average molecular weight is 687 g/mol. The maximum absolute atomic E-state index is 14.1. The Hall–Kier alpha value is -3.24. The van der Waals surface area contributed by atoms with Crippen LogP contribution in [-0.4, -0.2) is 111 Å². The number of hydrogen-bond donors (Lipinski definition) is 6. The topological polar surface area (TPSA) is 266 Å². The lowest BCUT2D eigenvalue weighted by Crippen LogP contribution is -2.42. The van der Waals surface area contributed by atoms with E-state index in [1.54, 1.807) is 11.5 Å². The number of nitrogen functional groups attached to an aromatic ring is 2. The lowest BCUT2D eigenvalue weighted by atomic mass is 9.94. The molecular formula is C24H32FN10O9PS. The summed E-state index contributed by atoms with van der Waals surface area (Å²) in [6, 6.07) is 0. The lowest BCUT2D eigenvalue weighted by Gasteiger charge is -2.29. The number of aromatic amines is 1. The molecular weight excluding hydrogens is 654 g/mol. The first-order valence-corrected chi connectivity index (χ1v) is 16.5. The molecule has 0 spiro atoms. The molecule has 1 unspecified atom stereocenters. The zero-order valence-electron chi connectivity index (χ0n) is 24.5. The number of ether oxygens (including phenoxy) is 3. The molecule has 250 valence electrons. The summed E-state index contributed by atoms with van der Waals surface area (Å²) in [6.07, 6.45) is -1.56. The van der Waals surface area contributed by atoms with Crippen molar-refractivity contribution < 1.29 is 42.8 Å². The van der Waals surface area contributed by atoms with Crippen LogP contribution in [0, 0.1) is 0 Å². The van der Waals surface area contributed by atoms with Crippen molar-refractivity contribution in [1.29, 1.82) is 0 Å². The second-order valence-corrected chi connectivity index (χ2v) is 14.0. The summed E-state index contributed by atoms with van der Waals surface area (Å²) in [4.78, 5) is 46.2. The van der Waals surface area contributed by atoms with E-state index in [0.29, 0.717) is 11.2 Å². The highest BCUT2D eigenvalue weighted by molar-refractivity contribution is 8.07. The van der Waals surface area contributed by atoms with Gasteiger partial charge in [0, 0.05) is 20.0 Å². The minimum atomic E-state index is -4.08. The summed E-state index contributed by atoms with van der Waals surface area (Å²) >= 11 is 5.28. The first kappa shape index (κ1) is 32.7. The first-order valence-electron chi connectivity index (χ1n) is 13.9. The number of anilines is 2. The molecule has 2 saturated heterocycles. The number of fused-ring (bicyclic) bond motifs is 2. The van der Waals surface area contributed by atoms with Gasteiger partial charge in [0.15, 0.2) is 35.1 Å². The number of aromatic nitrogens is 8. The Labute approximate surface area is 263 Å². The van der Waals surface area contributed by atoms with E-state index < -0.39 is 67.5 Å². The summed E-state index contributed by atoms with van der Waals surface area (Å²) in [5.41, 5.74) is 8.68. The standard InChI is InChI=1S/C24H32FN10O9PS/c1-23(15(37)14(40-2)21(42-23)34-9-30-12-16(26)28-8-29-17(12)34)3-4-41-45(39,46)44-11-5-24(6-25,7-36)43-20(11)35-10-31-13-18(35)32-22(27)33-19(13)38/h8-11,14-15,20-21,36-37H,3-7H2,1-2H3,(H,39,46)(H2,26,28,29)(H3,27,32,33,38)/t11-,14-,15+,20-,21+,23-,24-,45?/m1/s1. The summed E-state index contributed by atoms with van der Waals surface area (Å²) in [6.45, 7) is -4.50. The number of H-pyrrole nitrogens is 1. The van der Waals surface area contributed by atoms with Crippen LogP contribution >= 0.6 is 6.72 Å². The number of nitrogens with one attached hydrogen (secondary N) is 1. The molecule has 8 atom stereocenters. The molecule has 0 aromatic carbocycles. The minimum Gasteiger partial charge on any atom is -0.393 e. The van der Waals surface area contributed by atoms with Crippen LogP contribution in [0.3, 0.4) is 0 Å². The van der Waals surface area contributed by atoms with Crippen molar-refractivity contribution in [3.8, 4) is 0 Å². The van der Waals surface area contributed by atoms with Crippen molar-refractivity contribution in [2.24, 2.45) is 0 Å². The van der Waals surface area contributed by atoms with Crippen molar-refractivity contribution in [2.45, 2.75) is 61.7 Å². The average Bonchev–Trinajstić information content (AvgIpc) is 3.76. The van der Waals surface area contributed by atoms with Gasteiger partial charge in [-0.1, -0.05) is 0 Å². The zero-order valence-corrected chi connectivity index (χ0v) is 26.2. The highest BCUT2D eigenvalue weighted by Gasteiger charge is 2.54. The highest BCUT2D eigenvalue weighted by Crippen LogP contribution is 2.52. The Bertz CT molecular complexity index is 1860. The Balaban J connectivity index is 1.18. The smallest absolute Gasteiger partial charge is 0.324 e.